The van der Waals surface area contributed by atoms with E-state index in [2.05, 4.69) is 38.4 Å². The van der Waals surface area contributed by atoms with Crippen molar-refractivity contribution in [2.45, 2.75) is 52.2 Å². The molecular formula is C18H31NO3. The molecule has 0 saturated heterocycles. The Labute approximate surface area is 135 Å². The maximum atomic E-state index is 9.76. The van der Waals surface area contributed by atoms with Crippen molar-refractivity contribution in [2.24, 2.45) is 0 Å². The van der Waals surface area contributed by atoms with Gasteiger partial charge in [-0.25, -0.2) is 0 Å². The molecule has 1 N–H and O–H groups in total. The number of aliphatic hydroxyl groups is 1. The van der Waals surface area contributed by atoms with Gasteiger partial charge in [-0.15, -0.1) is 0 Å². The molecule has 4 nitrogen and oxygen atoms in total. The number of carbonyl (C=O) groups excluding carboxylic acids is 1. The second-order valence-electron chi connectivity index (χ2n) is 6.44. The van der Waals surface area contributed by atoms with E-state index in [4.69, 9.17) is 0 Å². The molecule has 126 valence electrons. The number of likely N-dealkylation sites (N-methyl/N-ethyl adjacent to an activating group) is 1. The highest BCUT2D eigenvalue weighted by molar-refractivity contribution is 5.63. The number of rotatable bonds is 8. The third-order valence-corrected chi connectivity index (χ3v) is 3.20. The Morgan fingerprint density at radius 3 is 2.27 bits per heavy atom. The largest absolute Gasteiger partial charge is 0.550 e. The number of hydrogen-bond donors (Lipinski definition) is 1. The molecule has 1 aromatic rings. The van der Waals surface area contributed by atoms with Gasteiger partial charge in [0, 0.05) is 11.5 Å². The number of aliphatic hydroxyl groups excluding tert-OH is 1. The minimum absolute atomic E-state index is 0.216. The highest BCUT2D eigenvalue weighted by Gasteiger charge is 2.17. The van der Waals surface area contributed by atoms with Gasteiger partial charge in [0.25, 0.3) is 0 Å². The van der Waals surface area contributed by atoms with Crippen molar-refractivity contribution in [3.05, 3.63) is 35.9 Å². The van der Waals surface area contributed by atoms with Crippen molar-refractivity contribution in [3.63, 3.8) is 0 Å². The summed E-state index contributed by atoms with van der Waals surface area (Å²) in [6, 6.07) is 10.4. The van der Waals surface area contributed by atoms with E-state index in [0.717, 1.165) is 36.8 Å². The lowest BCUT2D eigenvalue weighted by molar-refractivity contribution is -0.906. The number of carboxylic acids is 1. The average Bonchev–Trinajstić information content (AvgIpc) is 2.38. The highest BCUT2D eigenvalue weighted by atomic mass is 16.4. The van der Waals surface area contributed by atoms with Crippen LogP contribution in [0.5, 0.6) is 0 Å². The van der Waals surface area contributed by atoms with Crippen LogP contribution in [0, 0.1) is 0 Å². The molecule has 22 heavy (non-hydrogen) atoms. The molecular weight excluding hydrogens is 278 g/mol. The Hall–Kier alpha value is -1.39. The Bertz CT molecular complexity index is 402. The van der Waals surface area contributed by atoms with Crippen molar-refractivity contribution >= 4 is 5.97 Å². The lowest BCUT2D eigenvalue weighted by Crippen LogP contribution is -2.43. The quantitative estimate of drug-likeness (QED) is 0.590. The summed E-state index contributed by atoms with van der Waals surface area (Å²) >= 11 is 0. The fraction of sp³-hybridized carbons (Fsp3) is 0.611. The van der Waals surface area contributed by atoms with E-state index < -0.39 is 5.97 Å². The molecule has 0 heterocycles. The number of aliphatic carboxylic acids is 1. The zero-order valence-electron chi connectivity index (χ0n) is 14.4. The van der Waals surface area contributed by atoms with Gasteiger partial charge in [0.2, 0.25) is 0 Å². The zero-order valence-corrected chi connectivity index (χ0v) is 14.4. The van der Waals surface area contributed by atoms with Gasteiger partial charge in [-0.05, 0) is 19.8 Å². The average molecular weight is 309 g/mol. The van der Waals surface area contributed by atoms with Gasteiger partial charge in [-0.1, -0.05) is 50.1 Å². The summed E-state index contributed by atoms with van der Waals surface area (Å²) in [4.78, 5) is 9.76. The van der Waals surface area contributed by atoms with Crippen LogP contribution in [0.15, 0.2) is 30.3 Å². The van der Waals surface area contributed by atoms with Gasteiger partial charge in [0.05, 0.1) is 14.1 Å². The normalized spacial score (nSPS) is 12.2. The molecule has 4 heteroatoms. The molecule has 0 fully saturated rings. The first kappa shape index (κ1) is 20.6. The van der Waals surface area contributed by atoms with Gasteiger partial charge in [0.1, 0.15) is 19.2 Å². The molecule has 0 spiro atoms. The molecule has 0 aromatic heterocycles. The van der Waals surface area contributed by atoms with Crippen LogP contribution in [0.25, 0.3) is 0 Å². The lowest BCUT2D eigenvalue weighted by Gasteiger charge is -2.31. The molecule has 1 rings (SSSR count). The third kappa shape index (κ3) is 12.4. The molecule has 0 amide bonds. The van der Waals surface area contributed by atoms with Crippen molar-refractivity contribution in [1.29, 1.82) is 0 Å². The fourth-order valence-electron chi connectivity index (χ4n) is 2.38. The third-order valence-electron chi connectivity index (χ3n) is 3.20. The van der Waals surface area contributed by atoms with Gasteiger partial charge in [-0.3, -0.25) is 0 Å². The van der Waals surface area contributed by atoms with Gasteiger partial charge < -0.3 is 19.5 Å². The maximum absolute atomic E-state index is 9.76. The minimum Gasteiger partial charge on any atom is -0.550 e. The molecule has 1 atom stereocenters. The van der Waals surface area contributed by atoms with Crippen molar-refractivity contribution in [1.82, 2.24) is 0 Å². The van der Waals surface area contributed by atoms with E-state index in [1.807, 2.05) is 19.9 Å². The second kappa shape index (κ2) is 11.2. The van der Waals surface area contributed by atoms with E-state index in [-0.39, 0.29) is 12.5 Å². The Morgan fingerprint density at radius 2 is 1.82 bits per heavy atom. The fourth-order valence-corrected chi connectivity index (χ4v) is 2.38. The van der Waals surface area contributed by atoms with Crippen LogP contribution >= 0.6 is 0 Å². The number of benzene rings is 1. The van der Waals surface area contributed by atoms with Crippen LogP contribution in [0.2, 0.25) is 0 Å². The van der Waals surface area contributed by atoms with E-state index in [1.54, 1.807) is 0 Å². The summed E-state index contributed by atoms with van der Waals surface area (Å²) in [5.74, 6) is -0.932. The van der Waals surface area contributed by atoms with Crippen molar-refractivity contribution in [2.75, 3.05) is 20.6 Å². The lowest BCUT2D eigenvalue weighted by atomic mass is 10.2. The van der Waals surface area contributed by atoms with E-state index in [1.165, 1.54) is 5.56 Å². The number of carbonyl (C=O) groups is 1. The Balaban J connectivity index is 0.000000472. The van der Waals surface area contributed by atoms with Gasteiger partial charge in [-0.2, -0.15) is 0 Å². The van der Waals surface area contributed by atoms with Crippen LogP contribution in [-0.2, 0) is 11.3 Å². The summed E-state index contributed by atoms with van der Waals surface area (Å²) in [6.45, 7) is 5.63. The number of hydrogen-bond acceptors (Lipinski definition) is 3. The molecule has 0 bridgehead atoms. The van der Waals surface area contributed by atoms with Gasteiger partial charge in [0.15, 0.2) is 0 Å². The second-order valence-corrected chi connectivity index (χ2v) is 6.44. The predicted molar refractivity (Wildman–Crippen MR) is 88.0 cm³/mol. The van der Waals surface area contributed by atoms with Crippen molar-refractivity contribution in [3.8, 4) is 0 Å². The number of carboxylic acid groups (broad SMARTS) is 1. The number of nitrogens with zero attached hydrogens (tertiary/aromatic N) is 1. The first-order valence-corrected chi connectivity index (χ1v) is 8.00. The van der Waals surface area contributed by atoms with Crippen LogP contribution in [0.3, 0.4) is 0 Å². The summed E-state index contributed by atoms with van der Waals surface area (Å²) in [7, 11) is 4.28. The van der Waals surface area contributed by atoms with Crippen LogP contribution < -0.4 is 5.11 Å². The van der Waals surface area contributed by atoms with E-state index >= 15 is 0 Å². The summed E-state index contributed by atoms with van der Waals surface area (Å²) in [5.41, 5.74) is 1.32. The first-order valence-electron chi connectivity index (χ1n) is 8.00. The summed E-state index contributed by atoms with van der Waals surface area (Å²) < 4.78 is 0.821. The molecule has 1 aromatic carbocycles. The van der Waals surface area contributed by atoms with Gasteiger partial charge >= 0.3 is 0 Å². The standard InChI is InChI=1S/C12H20NO.C6H12O2/c1-11(14)9-13(2,3)10-12-7-5-4-6-8-12;1-2-3-4-5-6(7)8/h4-8,11,14H,9-10H2,1-3H3;2-5H2,1H3,(H,7,8)/q+1;/p-1. The van der Waals surface area contributed by atoms with Crippen LogP contribution in [0.4, 0.5) is 0 Å². The molecule has 0 aliphatic carbocycles. The smallest absolute Gasteiger partial charge is 0.105 e. The monoisotopic (exact) mass is 309 g/mol. The highest BCUT2D eigenvalue weighted by Crippen LogP contribution is 2.09. The Kier molecular flexibility index (Phi) is 10.5. The summed E-state index contributed by atoms with van der Waals surface area (Å²) in [6.07, 6.45) is 2.79. The van der Waals surface area contributed by atoms with Crippen LogP contribution in [-0.4, -0.2) is 42.3 Å². The predicted octanol–water partition coefficient (Wildman–Crippen LogP) is 1.96. The van der Waals surface area contributed by atoms with E-state index in [0.29, 0.717) is 0 Å². The van der Waals surface area contributed by atoms with Crippen molar-refractivity contribution < 1.29 is 19.5 Å². The summed E-state index contributed by atoms with van der Waals surface area (Å²) in [5, 5.41) is 19.1. The zero-order chi connectivity index (χ0) is 17.0. The SMILES string of the molecule is CC(O)C[N+](C)(C)Cc1ccccc1.CCCCCC(=O)[O-]. The number of unbranched alkanes of at least 4 members (excludes halogenated alkanes) is 2. The minimum atomic E-state index is -0.932. The van der Waals surface area contributed by atoms with E-state index in [9.17, 15) is 15.0 Å². The molecule has 1 unspecified atom stereocenters. The molecule has 0 aliphatic rings. The topological polar surface area (TPSA) is 60.4 Å². The molecule has 0 radical (unpaired) electrons. The first-order chi connectivity index (χ1) is 10.3. The molecule has 0 aliphatic heterocycles. The maximum Gasteiger partial charge on any atom is 0.105 e. The Morgan fingerprint density at radius 1 is 1.23 bits per heavy atom. The van der Waals surface area contributed by atoms with Crippen LogP contribution in [0.1, 0.15) is 45.1 Å². The molecule has 0 saturated carbocycles. The number of quaternary nitrogens is 1.